The fourth-order valence-corrected chi connectivity index (χ4v) is 1.81. The first-order chi connectivity index (χ1) is 9.69. The first-order valence-corrected chi connectivity index (χ1v) is 6.96. The van der Waals surface area contributed by atoms with E-state index in [-0.39, 0.29) is 0 Å². The van der Waals surface area contributed by atoms with Gasteiger partial charge in [-0.2, -0.15) is 0 Å². The highest BCUT2D eigenvalue weighted by molar-refractivity contribution is 5.79. The van der Waals surface area contributed by atoms with E-state index in [0.29, 0.717) is 25.6 Å². The third kappa shape index (κ3) is 5.34. The van der Waals surface area contributed by atoms with Gasteiger partial charge < -0.3 is 15.4 Å². The van der Waals surface area contributed by atoms with Gasteiger partial charge in [0.05, 0.1) is 6.54 Å². The Hall–Kier alpha value is -1.97. The van der Waals surface area contributed by atoms with Crippen molar-refractivity contribution in [2.45, 2.75) is 19.8 Å². The Bertz CT molecular complexity index is 441. The standard InChI is InChI=1S/C16H25N3O/c1-5-10-18-16(17-4)19-11-12-20-15-9-7-6-8-14(15)13(2)3/h5-9,13H,1,10-12H2,2-4H3,(H2,17,18,19). The van der Waals surface area contributed by atoms with Crippen LogP contribution in [0.1, 0.15) is 25.3 Å². The average molecular weight is 275 g/mol. The molecule has 0 aromatic heterocycles. The van der Waals surface area contributed by atoms with Gasteiger partial charge in [-0.15, -0.1) is 6.58 Å². The average Bonchev–Trinajstić information content (AvgIpc) is 2.46. The number of para-hydroxylation sites is 1. The minimum absolute atomic E-state index is 0.459. The molecule has 1 aromatic rings. The van der Waals surface area contributed by atoms with Gasteiger partial charge in [-0.05, 0) is 17.5 Å². The van der Waals surface area contributed by atoms with Crippen LogP contribution in [-0.4, -0.2) is 32.7 Å². The van der Waals surface area contributed by atoms with Crippen molar-refractivity contribution in [2.24, 2.45) is 4.99 Å². The molecule has 110 valence electrons. The SMILES string of the molecule is C=CCNC(=NC)NCCOc1ccccc1C(C)C. The third-order valence-electron chi connectivity index (χ3n) is 2.83. The molecule has 0 fully saturated rings. The van der Waals surface area contributed by atoms with Gasteiger partial charge in [0, 0.05) is 13.6 Å². The first-order valence-electron chi connectivity index (χ1n) is 6.96. The molecule has 0 atom stereocenters. The minimum atomic E-state index is 0.459. The first kappa shape index (κ1) is 16.1. The van der Waals surface area contributed by atoms with E-state index >= 15 is 0 Å². The van der Waals surface area contributed by atoms with Crippen molar-refractivity contribution in [1.29, 1.82) is 0 Å². The monoisotopic (exact) mass is 275 g/mol. The number of rotatable bonds is 7. The summed E-state index contributed by atoms with van der Waals surface area (Å²) in [5.74, 6) is 2.17. The van der Waals surface area contributed by atoms with Gasteiger partial charge in [-0.3, -0.25) is 4.99 Å². The highest BCUT2D eigenvalue weighted by atomic mass is 16.5. The number of guanidine groups is 1. The summed E-state index contributed by atoms with van der Waals surface area (Å²) in [6.07, 6.45) is 1.79. The van der Waals surface area contributed by atoms with E-state index in [1.807, 2.05) is 18.2 Å². The molecule has 0 unspecified atom stereocenters. The summed E-state index contributed by atoms with van der Waals surface area (Å²) in [7, 11) is 1.74. The summed E-state index contributed by atoms with van der Waals surface area (Å²) < 4.78 is 5.83. The second-order valence-corrected chi connectivity index (χ2v) is 4.71. The highest BCUT2D eigenvalue weighted by Crippen LogP contribution is 2.25. The molecule has 0 amide bonds. The van der Waals surface area contributed by atoms with Crippen LogP contribution in [0.5, 0.6) is 5.75 Å². The predicted molar refractivity (Wildman–Crippen MR) is 85.6 cm³/mol. The zero-order valence-corrected chi connectivity index (χ0v) is 12.6. The largest absolute Gasteiger partial charge is 0.491 e. The van der Waals surface area contributed by atoms with Gasteiger partial charge in [0.25, 0.3) is 0 Å². The number of nitrogens with one attached hydrogen (secondary N) is 2. The lowest BCUT2D eigenvalue weighted by molar-refractivity contribution is 0.317. The zero-order valence-electron chi connectivity index (χ0n) is 12.6. The maximum Gasteiger partial charge on any atom is 0.191 e. The molecular formula is C16H25N3O. The summed E-state index contributed by atoms with van der Waals surface area (Å²) in [5, 5.41) is 6.30. The fourth-order valence-electron chi connectivity index (χ4n) is 1.81. The van der Waals surface area contributed by atoms with Crippen LogP contribution in [0.15, 0.2) is 41.9 Å². The van der Waals surface area contributed by atoms with Crippen LogP contribution >= 0.6 is 0 Å². The van der Waals surface area contributed by atoms with Gasteiger partial charge in [0.1, 0.15) is 12.4 Å². The second kappa shape index (κ2) is 9.02. The van der Waals surface area contributed by atoms with Gasteiger partial charge in [0.15, 0.2) is 5.96 Å². The van der Waals surface area contributed by atoms with E-state index in [2.05, 4.69) is 42.1 Å². The van der Waals surface area contributed by atoms with Crippen molar-refractivity contribution in [3.8, 4) is 5.75 Å². The number of hydrogen-bond donors (Lipinski definition) is 2. The summed E-state index contributed by atoms with van der Waals surface area (Å²) in [6, 6.07) is 8.17. The Morgan fingerprint density at radius 1 is 1.35 bits per heavy atom. The lowest BCUT2D eigenvalue weighted by Crippen LogP contribution is -2.39. The molecule has 0 aliphatic rings. The summed E-state index contributed by atoms with van der Waals surface area (Å²) in [6.45, 7) is 9.98. The van der Waals surface area contributed by atoms with E-state index in [1.165, 1.54) is 5.56 Å². The zero-order chi connectivity index (χ0) is 14.8. The Kier molecular flexibility index (Phi) is 7.25. The van der Waals surface area contributed by atoms with E-state index in [4.69, 9.17) is 4.74 Å². The van der Waals surface area contributed by atoms with Gasteiger partial charge in [-0.25, -0.2) is 0 Å². The molecule has 20 heavy (non-hydrogen) atoms. The van der Waals surface area contributed by atoms with Crippen LogP contribution in [0.25, 0.3) is 0 Å². The molecule has 0 saturated heterocycles. The van der Waals surface area contributed by atoms with Gasteiger partial charge in [-0.1, -0.05) is 38.1 Å². The van der Waals surface area contributed by atoms with Crippen molar-refractivity contribution in [3.63, 3.8) is 0 Å². The Morgan fingerprint density at radius 3 is 2.75 bits per heavy atom. The lowest BCUT2D eigenvalue weighted by atomic mass is 10.0. The van der Waals surface area contributed by atoms with Crippen LogP contribution in [0.4, 0.5) is 0 Å². The van der Waals surface area contributed by atoms with Crippen molar-refractivity contribution >= 4 is 5.96 Å². The van der Waals surface area contributed by atoms with Crippen molar-refractivity contribution in [2.75, 3.05) is 26.7 Å². The highest BCUT2D eigenvalue weighted by Gasteiger charge is 2.06. The van der Waals surface area contributed by atoms with Gasteiger partial charge >= 0.3 is 0 Å². The molecular weight excluding hydrogens is 250 g/mol. The Morgan fingerprint density at radius 2 is 2.10 bits per heavy atom. The van der Waals surface area contributed by atoms with E-state index in [9.17, 15) is 0 Å². The molecule has 0 aliphatic heterocycles. The van der Waals surface area contributed by atoms with Crippen molar-refractivity contribution < 1.29 is 4.74 Å². The maximum absolute atomic E-state index is 5.83. The van der Waals surface area contributed by atoms with E-state index in [0.717, 1.165) is 11.7 Å². The smallest absolute Gasteiger partial charge is 0.191 e. The normalized spacial score (nSPS) is 11.3. The Balaban J connectivity index is 2.39. The maximum atomic E-state index is 5.83. The van der Waals surface area contributed by atoms with Crippen LogP contribution in [0, 0.1) is 0 Å². The van der Waals surface area contributed by atoms with Crippen molar-refractivity contribution in [3.05, 3.63) is 42.5 Å². The topological polar surface area (TPSA) is 45.7 Å². The molecule has 4 nitrogen and oxygen atoms in total. The fraction of sp³-hybridized carbons (Fsp3) is 0.438. The number of nitrogens with zero attached hydrogens (tertiary/aromatic N) is 1. The molecule has 0 heterocycles. The molecule has 1 aromatic carbocycles. The predicted octanol–water partition coefficient (Wildman–Crippen LogP) is 2.54. The Labute approximate surface area is 121 Å². The summed E-state index contributed by atoms with van der Waals surface area (Å²) in [4.78, 5) is 4.11. The molecule has 0 saturated carbocycles. The quantitative estimate of drug-likeness (QED) is 0.348. The minimum Gasteiger partial charge on any atom is -0.491 e. The van der Waals surface area contributed by atoms with Crippen LogP contribution < -0.4 is 15.4 Å². The summed E-state index contributed by atoms with van der Waals surface area (Å²) in [5.41, 5.74) is 1.24. The molecule has 0 radical (unpaired) electrons. The molecule has 0 bridgehead atoms. The van der Waals surface area contributed by atoms with Crippen molar-refractivity contribution in [1.82, 2.24) is 10.6 Å². The van der Waals surface area contributed by atoms with E-state index < -0.39 is 0 Å². The molecule has 1 rings (SSSR count). The van der Waals surface area contributed by atoms with Crippen LogP contribution in [0.3, 0.4) is 0 Å². The third-order valence-corrected chi connectivity index (χ3v) is 2.83. The molecule has 4 heteroatoms. The number of benzene rings is 1. The molecule has 0 aliphatic carbocycles. The van der Waals surface area contributed by atoms with Crippen LogP contribution in [0.2, 0.25) is 0 Å². The summed E-state index contributed by atoms with van der Waals surface area (Å²) >= 11 is 0. The number of ether oxygens (including phenoxy) is 1. The number of hydrogen-bond acceptors (Lipinski definition) is 2. The second-order valence-electron chi connectivity index (χ2n) is 4.71. The van der Waals surface area contributed by atoms with Crippen LogP contribution in [-0.2, 0) is 0 Å². The van der Waals surface area contributed by atoms with E-state index in [1.54, 1.807) is 13.1 Å². The molecule has 0 spiro atoms. The number of aliphatic imine (C=N–C) groups is 1. The van der Waals surface area contributed by atoms with Gasteiger partial charge in [0.2, 0.25) is 0 Å². The molecule has 2 N–H and O–H groups in total. The lowest BCUT2D eigenvalue weighted by Gasteiger charge is -2.15.